The van der Waals surface area contributed by atoms with Crippen LogP contribution >= 0.6 is 24.0 Å². The first kappa shape index (κ1) is 20.7. The second kappa shape index (κ2) is 13.4. The fraction of sp³-hybridized carbons (Fsp3) is 0.812. The van der Waals surface area contributed by atoms with Crippen molar-refractivity contribution >= 4 is 29.9 Å². The van der Waals surface area contributed by atoms with E-state index in [1.165, 1.54) is 32.2 Å². The van der Waals surface area contributed by atoms with Crippen LogP contribution in [0.5, 0.6) is 0 Å². The van der Waals surface area contributed by atoms with Gasteiger partial charge in [0.2, 0.25) is 0 Å². The Labute approximate surface area is 147 Å². The van der Waals surface area contributed by atoms with Crippen LogP contribution in [0.25, 0.3) is 0 Å². The summed E-state index contributed by atoms with van der Waals surface area (Å²) in [5, 5.41) is 6.75. The summed E-state index contributed by atoms with van der Waals surface area (Å²) in [7, 11) is 1.83. The highest BCUT2D eigenvalue weighted by Gasteiger charge is 2.19. The molecule has 0 radical (unpaired) electrons. The minimum atomic E-state index is 0. The highest BCUT2D eigenvalue weighted by Crippen LogP contribution is 2.18. The Balaban J connectivity index is 0.00000400. The zero-order valence-electron chi connectivity index (χ0n) is 13.9. The van der Waals surface area contributed by atoms with E-state index in [9.17, 15) is 0 Å². The molecule has 1 rings (SSSR count). The van der Waals surface area contributed by atoms with E-state index in [1.54, 1.807) is 0 Å². The van der Waals surface area contributed by atoms with Crippen molar-refractivity contribution in [2.24, 2.45) is 4.99 Å². The van der Waals surface area contributed by atoms with Gasteiger partial charge in [-0.3, -0.25) is 9.89 Å². The molecular formula is C16H33IN4. The van der Waals surface area contributed by atoms with E-state index in [2.05, 4.69) is 46.5 Å². The lowest BCUT2D eigenvalue weighted by molar-refractivity contribution is 0.147. The van der Waals surface area contributed by atoms with Crippen molar-refractivity contribution in [3.8, 4) is 0 Å². The lowest BCUT2D eigenvalue weighted by atomic mass is 10.0. The maximum Gasteiger partial charge on any atom is 0.191 e. The number of halogens is 1. The first-order valence-electron chi connectivity index (χ1n) is 8.11. The van der Waals surface area contributed by atoms with Crippen molar-refractivity contribution in [1.82, 2.24) is 15.5 Å². The molecule has 1 atom stereocenters. The highest BCUT2D eigenvalue weighted by atomic mass is 127. The number of allylic oxidation sites excluding steroid dienone is 1. The van der Waals surface area contributed by atoms with Crippen LogP contribution in [-0.2, 0) is 0 Å². The van der Waals surface area contributed by atoms with Crippen molar-refractivity contribution in [1.29, 1.82) is 0 Å². The molecule has 0 aliphatic carbocycles. The molecule has 2 N–H and O–H groups in total. The number of nitrogens with one attached hydrogen (secondary N) is 2. The Morgan fingerprint density at radius 3 is 2.71 bits per heavy atom. The Hall–Kier alpha value is -0.300. The largest absolute Gasteiger partial charge is 0.356 e. The molecule has 21 heavy (non-hydrogen) atoms. The molecule has 0 amide bonds. The number of hydrogen-bond acceptors (Lipinski definition) is 2. The summed E-state index contributed by atoms with van der Waals surface area (Å²) < 4.78 is 0. The quantitative estimate of drug-likeness (QED) is 0.224. The van der Waals surface area contributed by atoms with Gasteiger partial charge < -0.3 is 10.6 Å². The van der Waals surface area contributed by atoms with Crippen LogP contribution in [0.3, 0.4) is 0 Å². The molecule has 1 unspecified atom stereocenters. The standard InChI is InChI=1S/C16H32N4.HI/c1-4-6-8-11-18-16(17-3)19-12-14-20-13-9-7-10-15(20)5-2;/h4,6,15H,5,7-14H2,1-3H3,(H2,17,18,19);1H/b6-4+;. The topological polar surface area (TPSA) is 39.7 Å². The van der Waals surface area contributed by atoms with Gasteiger partial charge in [0.25, 0.3) is 0 Å². The number of rotatable bonds is 7. The average molecular weight is 408 g/mol. The van der Waals surface area contributed by atoms with E-state index in [0.717, 1.165) is 38.1 Å². The van der Waals surface area contributed by atoms with Gasteiger partial charge in [0.1, 0.15) is 0 Å². The molecule has 0 spiro atoms. The molecule has 124 valence electrons. The molecule has 4 nitrogen and oxygen atoms in total. The van der Waals surface area contributed by atoms with Crippen LogP contribution in [0.4, 0.5) is 0 Å². The van der Waals surface area contributed by atoms with E-state index in [0.29, 0.717) is 0 Å². The summed E-state index contributed by atoms with van der Waals surface area (Å²) in [6.45, 7) is 8.64. The number of hydrogen-bond donors (Lipinski definition) is 2. The molecule has 0 aromatic heterocycles. The molecule has 0 saturated carbocycles. The van der Waals surface area contributed by atoms with Gasteiger partial charge in [-0.2, -0.15) is 0 Å². The van der Waals surface area contributed by atoms with Crippen LogP contribution in [0.15, 0.2) is 17.1 Å². The molecule has 1 aliphatic heterocycles. The molecule has 0 aromatic rings. The molecular weight excluding hydrogens is 375 g/mol. The maximum atomic E-state index is 4.26. The Bertz CT molecular complexity index is 305. The van der Waals surface area contributed by atoms with Gasteiger partial charge in [-0.05, 0) is 39.2 Å². The van der Waals surface area contributed by atoms with Gasteiger partial charge >= 0.3 is 0 Å². The van der Waals surface area contributed by atoms with Gasteiger partial charge in [-0.25, -0.2) is 0 Å². The summed E-state index contributed by atoms with van der Waals surface area (Å²) in [5.41, 5.74) is 0. The fourth-order valence-corrected chi connectivity index (χ4v) is 2.80. The summed E-state index contributed by atoms with van der Waals surface area (Å²) in [5.74, 6) is 0.916. The van der Waals surface area contributed by atoms with Gasteiger partial charge in [-0.15, -0.1) is 24.0 Å². The lowest BCUT2D eigenvalue weighted by Crippen LogP contribution is -2.46. The summed E-state index contributed by atoms with van der Waals surface area (Å²) >= 11 is 0. The average Bonchev–Trinajstić information content (AvgIpc) is 2.50. The molecule has 1 aliphatic rings. The van der Waals surface area contributed by atoms with E-state index in [-0.39, 0.29) is 24.0 Å². The van der Waals surface area contributed by atoms with Crippen LogP contribution in [0.1, 0.15) is 46.0 Å². The minimum absolute atomic E-state index is 0. The predicted molar refractivity (Wildman–Crippen MR) is 104 cm³/mol. The van der Waals surface area contributed by atoms with Crippen molar-refractivity contribution < 1.29 is 0 Å². The first-order chi connectivity index (χ1) is 9.81. The number of likely N-dealkylation sites (tertiary alicyclic amines) is 1. The smallest absolute Gasteiger partial charge is 0.191 e. The third-order valence-electron chi connectivity index (χ3n) is 3.97. The second-order valence-corrected chi connectivity index (χ2v) is 5.38. The number of nitrogens with zero attached hydrogens (tertiary/aromatic N) is 2. The van der Waals surface area contributed by atoms with E-state index < -0.39 is 0 Å². The number of aliphatic imine (C=N–C) groups is 1. The Morgan fingerprint density at radius 2 is 2.05 bits per heavy atom. The third kappa shape index (κ3) is 8.66. The maximum absolute atomic E-state index is 4.26. The predicted octanol–water partition coefficient (Wildman–Crippen LogP) is 3.00. The van der Waals surface area contributed by atoms with Crippen LogP contribution in [-0.4, -0.2) is 50.1 Å². The Morgan fingerprint density at radius 1 is 1.29 bits per heavy atom. The number of guanidine groups is 1. The fourth-order valence-electron chi connectivity index (χ4n) is 2.80. The third-order valence-corrected chi connectivity index (χ3v) is 3.97. The Kier molecular flexibility index (Phi) is 13.2. The molecule has 0 bridgehead atoms. The SMILES string of the molecule is C/C=C/CCNC(=NC)NCCN1CCCCC1CC.I. The second-order valence-electron chi connectivity index (χ2n) is 5.38. The summed E-state index contributed by atoms with van der Waals surface area (Å²) in [6.07, 6.45) is 10.7. The van der Waals surface area contributed by atoms with Gasteiger partial charge in [0.15, 0.2) is 5.96 Å². The van der Waals surface area contributed by atoms with Gasteiger partial charge in [-0.1, -0.05) is 25.5 Å². The van der Waals surface area contributed by atoms with Crippen molar-refractivity contribution in [2.45, 2.75) is 52.0 Å². The zero-order valence-corrected chi connectivity index (χ0v) is 16.2. The van der Waals surface area contributed by atoms with E-state index in [1.807, 2.05) is 7.05 Å². The number of piperidine rings is 1. The zero-order chi connectivity index (χ0) is 14.6. The molecule has 1 fully saturated rings. The van der Waals surface area contributed by atoms with Gasteiger partial charge in [0, 0.05) is 32.7 Å². The molecule has 1 saturated heterocycles. The normalized spacial score (nSPS) is 20.3. The summed E-state index contributed by atoms with van der Waals surface area (Å²) in [4.78, 5) is 6.89. The minimum Gasteiger partial charge on any atom is -0.356 e. The lowest BCUT2D eigenvalue weighted by Gasteiger charge is -2.35. The molecule has 1 heterocycles. The van der Waals surface area contributed by atoms with Gasteiger partial charge in [0.05, 0.1) is 0 Å². The highest BCUT2D eigenvalue weighted by molar-refractivity contribution is 14.0. The van der Waals surface area contributed by atoms with Crippen molar-refractivity contribution in [2.75, 3.05) is 33.2 Å². The molecule has 0 aromatic carbocycles. The first-order valence-corrected chi connectivity index (χ1v) is 8.11. The van der Waals surface area contributed by atoms with Crippen LogP contribution in [0.2, 0.25) is 0 Å². The summed E-state index contributed by atoms with van der Waals surface area (Å²) in [6, 6.07) is 0.787. The van der Waals surface area contributed by atoms with E-state index >= 15 is 0 Å². The monoisotopic (exact) mass is 408 g/mol. The molecule has 5 heteroatoms. The van der Waals surface area contributed by atoms with Crippen molar-refractivity contribution in [3.05, 3.63) is 12.2 Å². The van der Waals surface area contributed by atoms with E-state index in [4.69, 9.17) is 0 Å². The van der Waals surface area contributed by atoms with Crippen LogP contribution < -0.4 is 10.6 Å². The van der Waals surface area contributed by atoms with Crippen molar-refractivity contribution in [3.63, 3.8) is 0 Å². The van der Waals surface area contributed by atoms with Crippen LogP contribution in [0, 0.1) is 0 Å².